The third kappa shape index (κ3) is 7.49. The number of aryl methyl sites for hydroxylation is 1. The lowest BCUT2D eigenvalue weighted by Gasteiger charge is -2.14. The molecule has 0 fully saturated rings. The maximum Gasteiger partial charge on any atom is 0.150 e. The van der Waals surface area contributed by atoms with E-state index in [1.165, 1.54) is 10.5 Å². The van der Waals surface area contributed by atoms with E-state index in [0.29, 0.717) is 11.5 Å². The summed E-state index contributed by atoms with van der Waals surface area (Å²) in [5.74, 6) is 7.01. The van der Waals surface area contributed by atoms with Gasteiger partial charge in [0, 0.05) is 16.7 Å². The fourth-order valence-electron chi connectivity index (χ4n) is 2.53. The first-order chi connectivity index (χ1) is 13.0. The van der Waals surface area contributed by atoms with Crippen LogP contribution in [0, 0.1) is 24.7 Å². The zero-order valence-corrected chi connectivity index (χ0v) is 18.0. The van der Waals surface area contributed by atoms with E-state index in [1.54, 1.807) is 11.8 Å². The van der Waals surface area contributed by atoms with Crippen molar-refractivity contribution in [2.24, 2.45) is 5.92 Å². The Bertz CT molecular complexity index is 812. The summed E-state index contributed by atoms with van der Waals surface area (Å²) in [5.41, 5.74) is 4.89. The van der Waals surface area contributed by atoms with Crippen LogP contribution in [0.3, 0.4) is 0 Å². The van der Waals surface area contributed by atoms with Crippen molar-refractivity contribution in [1.82, 2.24) is 0 Å². The fourth-order valence-corrected chi connectivity index (χ4v) is 3.18. The first kappa shape index (κ1) is 22.8. The number of rotatable bonds is 8. The van der Waals surface area contributed by atoms with Crippen molar-refractivity contribution in [1.29, 1.82) is 0 Å². The van der Waals surface area contributed by atoms with E-state index in [4.69, 9.17) is 0 Å². The van der Waals surface area contributed by atoms with Crippen molar-refractivity contribution < 1.29 is 4.79 Å². The zero-order chi connectivity index (χ0) is 20.2. The standard InChI is InChI=1S/C25H30OS/c1-7-10-11-22(17-25(19(4)8-2)21(6)27-9-3)14-15-24-16-23(18-26)13-12-20(24)5/h9-13,16-19H,3,7-8H2,1-2,4-6H3/b11-10+,22-17+,25-21-. The quantitative estimate of drug-likeness (QED) is 0.269. The summed E-state index contributed by atoms with van der Waals surface area (Å²) < 4.78 is 0. The van der Waals surface area contributed by atoms with Crippen molar-refractivity contribution in [2.75, 3.05) is 0 Å². The van der Waals surface area contributed by atoms with Gasteiger partial charge in [-0.25, -0.2) is 0 Å². The van der Waals surface area contributed by atoms with Crippen molar-refractivity contribution in [3.63, 3.8) is 0 Å². The average Bonchev–Trinajstić information content (AvgIpc) is 2.68. The monoisotopic (exact) mass is 378 g/mol. The molecule has 0 saturated heterocycles. The summed E-state index contributed by atoms with van der Waals surface area (Å²) in [6.07, 6.45) is 9.29. The van der Waals surface area contributed by atoms with Crippen LogP contribution in [0.2, 0.25) is 0 Å². The molecule has 142 valence electrons. The van der Waals surface area contributed by atoms with Gasteiger partial charge in [-0.2, -0.15) is 0 Å². The predicted octanol–water partition coefficient (Wildman–Crippen LogP) is 7.25. The molecule has 2 heteroatoms. The molecule has 0 radical (unpaired) electrons. The molecule has 1 atom stereocenters. The molecule has 0 amide bonds. The highest BCUT2D eigenvalue weighted by molar-refractivity contribution is 8.05. The molecule has 0 N–H and O–H groups in total. The molecular weight excluding hydrogens is 348 g/mol. The minimum absolute atomic E-state index is 0.449. The first-order valence-corrected chi connectivity index (χ1v) is 10.3. The Kier molecular flexibility index (Phi) is 10.3. The highest BCUT2D eigenvalue weighted by atomic mass is 32.2. The molecule has 1 aromatic rings. The van der Waals surface area contributed by atoms with Crippen LogP contribution in [-0.2, 0) is 0 Å². The van der Waals surface area contributed by atoms with Crippen LogP contribution in [0.4, 0.5) is 0 Å². The number of aldehydes is 1. The van der Waals surface area contributed by atoms with Gasteiger partial charge >= 0.3 is 0 Å². The van der Waals surface area contributed by atoms with Gasteiger partial charge in [-0.3, -0.25) is 4.79 Å². The Labute approximate surface area is 169 Å². The largest absolute Gasteiger partial charge is 0.298 e. The van der Waals surface area contributed by atoms with E-state index >= 15 is 0 Å². The first-order valence-electron chi connectivity index (χ1n) is 9.41. The van der Waals surface area contributed by atoms with Crippen LogP contribution in [0.5, 0.6) is 0 Å². The van der Waals surface area contributed by atoms with Gasteiger partial charge in [-0.15, -0.1) is 11.8 Å². The van der Waals surface area contributed by atoms with Gasteiger partial charge in [-0.1, -0.05) is 63.5 Å². The predicted molar refractivity (Wildman–Crippen MR) is 121 cm³/mol. The van der Waals surface area contributed by atoms with E-state index < -0.39 is 0 Å². The maximum absolute atomic E-state index is 11.1. The highest BCUT2D eigenvalue weighted by Crippen LogP contribution is 2.28. The van der Waals surface area contributed by atoms with E-state index in [1.807, 2.05) is 30.5 Å². The second kappa shape index (κ2) is 12.2. The maximum atomic E-state index is 11.1. The minimum atomic E-state index is 0.449. The number of allylic oxidation sites excluding steroid dienone is 6. The Morgan fingerprint density at radius 2 is 2.07 bits per heavy atom. The van der Waals surface area contributed by atoms with Crippen LogP contribution in [-0.4, -0.2) is 6.29 Å². The minimum Gasteiger partial charge on any atom is -0.298 e. The smallest absolute Gasteiger partial charge is 0.150 e. The lowest BCUT2D eigenvalue weighted by molar-refractivity contribution is 0.112. The van der Waals surface area contributed by atoms with Crippen LogP contribution >= 0.6 is 11.8 Å². The van der Waals surface area contributed by atoms with Gasteiger partial charge in [0.2, 0.25) is 0 Å². The molecule has 1 nitrogen and oxygen atoms in total. The topological polar surface area (TPSA) is 17.1 Å². The van der Waals surface area contributed by atoms with Gasteiger partial charge < -0.3 is 0 Å². The molecule has 0 spiro atoms. The van der Waals surface area contributed by atoms with E-state index in [0.717, 1.165) is 35.8 Å². The summed E-state index contributed by atoms with van der Waals surface area (Å²) in [7, 11) is 0. The Morgan fingerprint density at radius 3 is 2.67 bits per heavy atom. The van der Waals surface area contributed by atoms with Crippen LogP contribution in [0.1, 0.15) is 62.0 Å². The van der Waals surface area contributed by atoms with Gasteiger partial charge in [-0.05, 0) is 66.2 Å². The lowest BCUT2D eigenvalue weighted by Crippen LogP contribution is -1.98. The van der Waals surface area contributed by atoms with E-state index in [2.05, 4.69) is 64.3 Å². The number of hydrogen-bond acceptors (Lipinski definition) is 2. The number of benzene rings is 1. The molecular formula is C25H30OS. The Morgan fingerprint density at radius 1 is 1.33 bits per heavy atom. The van der Waals surface area contributed by atoms with Crippen molar-refractivity contribution in [3.05, 3.63) is 81.2 Å². The number of thioether (sulfide) groups is 1. The van der Waals surface area contributed by atoms with Crippen molar-refractivity contribution >= 4 is 18.0 Å². The summed E-state index contributed by atoms with van der Waals surface area (Å²) in [6.45, 7) is 14.5. The van der Waals surface area contributed by atoms with Gasteiger partial charge in [0.1, 0.15) is 6.29 Å². The summed E-state index contributed by atoms with van der Waals surface area (Å²) >= 11 is 1.66. The molecule has 0 heterocycles. The summed E-state index contributed by atoms with van der Waals surface area (Å²) in [6, 6.07) is 5.61. The molecule has 0 aliphatic carbocycles. The second-order valence-corrected chi connectivity index (χ2v) is 7.64. The van der Waals surface area contributed by atoms with Crippen molar-refractivity contribution in [2.45, 2.75) is 47.5 Å². The molecule has 0 saturated carbocycles. The van der Waals surface area contributed by atoms with Crippen molar-refractivity contribution in [3.8, 4) is 11.8 Å². The van der Waals surface area contributed by atoms with Crippen LogP contribution in [0.25, 0.3) is 0 Å². The van der Waals surface area contributed by atoms with E-state index in [-0.39, 0.29) is 0 Å². The Hall–Kier alpha value is -2.24. The normalized spacial score (nSPS) is 13.6. The number of hydrogen-bond donors (Lipinski definition) is 0. The molecule has 1 rings (SSSR count). The molecule has 0 aliphatic rings. The van der Waals surface area contributed by atoms with Gasteiger partial charge in [0.05, 0.1) is 0 Å². The van der Waals surface area contributed by atoms with E-state index in [9.17, 15) is 4.79 Å². The fraction of sp³-hybridized carbons (Fsp3) is 0.320. The Balaban J connectivity index is 3.44. The van der Waals surface area contributed by atoms with Crippen LogP contribution < -0.4 is 0 Å². The SMILES string of the molecule is C=CS/C(C)=C(/C=C(C#Cc1cc(C=O)ccc1C)\C=C\CC)C(C)CC. The number of carbonyl (C=O) groups excluding carboxylic acids is 1. The summed E-state index contributed by atoms with van der Waals surface area (Å²) in [5, 5.41) is 1.87. The van der Waals surface area contributed by atoms with Gasteiger partial charge in [0.25, 0.3) is 0 Å². The lowest BCUT2D eigenvalue weighted by atomic mass is 9.95. The van der Waals surface area contributed by atoms with Crippen LogP contribution in [0.15, 0.2) is 64.5 Å². The molecule has 1 aromatic carbocycles. The second-order valence-electron chi connectivity index (χ2n) is 6.46. The molecule has 27 heavy (non-hydrogen) atoms. The molecule has 1 unspecified atom stereocenters. The summed E-state index contributed by atoms with van der Waals surface area (Å²) in [4.78, 5) is 12.3. The van der Waals surface area contributed by atoms with Gasteiger partial charge in [0.15, 0.2) is 0 Å². The third-order valence-corrected chi connectivity index (χ3v) is 5.15. The average molecular weight is 379 g/mol. The highest BCUT2D eigenvalue weighted by Gasteiger charge is 2.09. The zero-order valence-electron chi connectivity index (χ0n) is 17.1. The molecule has 0 bridgehead atoms. The number of carbonyl (C=O) groups is 1. The third-order valence-electron chi connectivity index (χ3n) is 4.39. The molecule has 0 aromatic heterocycles. The molecule has 0 aliphatic heterocycles.